The molecule has 1 aliphatic rings. The lowest BCUT2D eigenvalue weighted by Crippen LogP contribution is -2.47. The zero-order valence-corrected chi connectivity index (χ0v) is 11.6. The fourth-order valence-corrected chi connectivity index (χ4v) is 1.94. The average molecular weight is 288 g/mol. The molecule has 0 unspecified atom stereocenters. The van der Waals surface area contributed by atoms with Crippen molar-refractivity contribution in [3.63, 3.8) is 0 Å². The second-order valence-corrected chi connectivity index (χ2v) is 4.71. The van der Waals surface area contributed by atoms with Crippen LogP contribution in [0.1, 0.15) is 17.3 Å². The first-order valence-corrected chi connectivity index (χ1v) is 6.49. The Morgan fingerprint density at radius 2 is 1.95 bits per heavy atom. The Balaban J connectivity index is 2.03. The van der Waals surface area contributed by atoms with E-state index in [4.69, 9.17) is 9.47 Å². The summed E-state index contributed by atoms with van der Waals surface area (Å²) in [6.45, 7) is 0.947. The third-order valence-electron chi connectivity index (χ3n) is 3.01. The maximum absolute atomic E-state index is 11.9. The highest BCUT2D eigenvalue weighted by molar-refractivity contribution is 5.89. The van der Waals surface area contributed by atoms with Crippen LogP contribution in [0.2, 0.25) is 0 Å². The molecule has 0 aliphatic heterocycles. The van der Waals surface area contributed by atoms with Crippen LogP contribution in [-0.4, -0.2) is 35.4 Å². The van der Waals surface area contributed by atoms with Crippen molar-refractivity contribution in [2.45, 2.75) is 18.6 Å². The number of allylic oxidation sites excluding steroid dienone is 2. The van der Waals surface area contributed by atoms with Gasteiger partial charge in [0.05, 0.1) is 5.56 Å². The average Bonchev–Trinajstić information content (AvgIpc) is 2.48. The van der Waals surface area contributed by atoms with Crippen LogP contribution in [0.15, 0.2) is 54.6 Å². The Kier molecular flexibility index (Phi) is 4.55. The molecule has 1 aliphatic carbocycles. The van der Waals surface area contributed by atoms with Crippen molar-refractivity contribution in [1.82, 2.24) is 0 Å². The molecule has 0 fully saturated rings. The van der Waals surface area contributed by atoms with E-state index in [1.54, 1.807) is 42.5 Å². The number of hydrogen-bond donors (Lipinski definition) is 1. The van der Waals surface area contributed by atoms with E-state index < -0.39 is 23.6 Å². The molecular formula is C16H16O5. The summed E-state index contributed by atoms with van der Waals surface area (Å²) in [5.41, 5.74) is -1.18. The van der Waals surface area contributed by atoms with Crippen molar-refractivity contribution in [3.8, 4) is 0 Å². The van der Waals surface area contributed by atoms with E-state index in [9.17, 15) is 14.7 Å². The third-order valence-corrected chi connectivity index (χ3v) is 3.01. The first-order valence-electron chi connectivity index (χ1n) is 6.49. The standard InChI is InChI=1S/C16H16O5/c1-12(17)21-14-9-5-6-10-16(14,19)11-20-15(18)13-7-3-2-4-8-13/h2-10,14,19H,11H2,1H3/t14-,16+/m0/s1. The van der Waals surface area contributed by atoms with Gasteiger partial charge in [0, 0.05) is 6.92 Å². The van der Waals surface area contributed by atoms with Gasteiger partial charge in [0.1, 0.15) is 6.61 Å². The number of carbonyl (C=O) groups excluding carboxylic acids is 2. The van der Waals surface area contributed by atoms with Crippen molar-refractivity contribution >= 4 is 11.9 Å². The second kappa shape index (κ2) is 6.37. The van der Waals surface area contributed by atoms with E-state index in [1.807, 2.05) is 0 Å². The van der Waals surface area contributed by atoms with E-state index in [2.05, 4.69) is 0 Å². The molecule has 21 heavy (non-hydrogen) atoms. The number of benzene rings is 1. The second-order valence-electron chi connectivity index (χ2n) is 4.71. The van der Waals surface area contributed by atoms with Crippen LogP contribution in [0.3, 0.4) is 0 Å². The minimum absolute atomic E-state index is 0.306. The van der Waals surface area contributed by atoms with Gasteiger partial charge in [-0.15, -0.1) is 0 Å². The Bertz CT molecular complexity index is 576. The molecule has 5 nitrogen and oxygen atoms in total. The zero-order chi connectivity index (χ0) is 15.3. The van der Waals surface area contributed by atoms with Gasteiger partial charge in [0.25, 0.3) is 0 Å². The van der Waals surface area contributed by atoms with Crippen molar-refractivity contribution in [2.24, 2.45) is 0 Å². The van der Waals surface area contributed by atoms with E-state index in [-0.39, 0.29) is 6.61 Å². The van der Waals surface area contributed by atoms with Crippen LogP contribution in [-0.2, 0) is 14.3 Å². The van der Waals surface area contributed by atoms with Gasteiger partial charge >= 0.3 is 11.9 Å². The highest BCUT2D eigenvalue weighted by Crippen LogP contribution is 2.22. The lowest BCUT2D eigenvalue weighted by molar-refractivity contribution is -0.155. The van der Waals surface area contributed by atoms with E-state index in [0.717, 1.165) is 0 Å². The maximum atomic E-state index is 11.9. The molecule has 0 amide bonds. The largest absolute Gasteiger partial charge is 0.459 e. The molecule has 2 atom stereocenters. The Morgan fingerprint density at radius 3 is 2.62 bits per heavy atom. The minimum Gasteiger partial charge on any atom is -0.459 e. The van der Waals surface area contributed by atoms with Gasteiger partial charge in [-0.05, 0) is 24.3 Å². The predicted octanol–water partition coefficient (Wildman–Crippen LogP) is 1.63. The van der Waals surface area contributed by atoms with Crippen molar-refractivity contribution in [2.75, 3.05) is 6.61 Å². The number of esters is 2. The number of rotatable bonds is 4. The molecule has 0 saturated heterocycles. The molecule has 0 radical (unpaired) electrons. The molecule has 2 rings (SSSR count). The lowest BCUT2D eigenvalue weighted by atomic mass is 9.93. The molecule has 5 heteroatoms. The van der Waals surface area contributed by atoms with Crippen molar-refractivity contribution in [3.05, 3.63) is 60.2 Å². The summed E-state index contributed by atoms with van der Waals surface area (Å²) < 4.78 is 10.1. The Hall–Kier alpha value is -2.40. The first-order chi connectivity index (χ1) is 10.0. The van der Waals surface area contributed by atoms with Gasteiger partial charge in [-0.1, -0.05) is 30.4 Å². The first kappa shape index (κ1) is 15.0. The minimum atomic E-state index is -1.56. The molecule has 0 spiro atoms. The van der Waals surface area contributed by atoms with Gasteiger partial charge in [-0.2, -0.15) is 0 Å². The Morgan fingerprint density at radius 1 is 1.24 bits per heavy atom. The molecule has 110 valence electrons. The van der Waals surface area contributed by atoms with Crippen LogP contribution in [0.25, 0.3) is 0 Å². The third kappa shape index (κ3) is 3.79. The van der Waals surface area contributed by atoms with Crippen LogP contribution in [0, 0.1) is 0 Å². The number of aliphatic hydroxyl groups is 1. The summed E-state index contributed by atoms with van der Waals surface area (Å²) in [5.74, 6) is -1.07. The molecule has 0 heterocycles. The van der Waals surface area contributed by atoms with E-state index in [1.165, 1.54) is 19.1 Å². The normalized spacial score (nSPS) is 23.6. The molecular weight excluding hydrogens is 272 g/mol. The van der Waals surface area contributed by atoms with Gasteiger partial charge in [0.15, 0.2) is 11.7 Å². The maximum Gasteiger partial charge on any atom is 0.338 e. The summed E-state index contributed by atoms with van der Waals surface area (Å²) in [5, 5.41) is 10.5. The summed E-state index contributed by atoms with van der Waals surface area (Å²) in [6.07, 6.45) is 5.36. The summed E-state index contributed by atoms with van der Waals surface area (Å²) in [7, 11) is 0. The molecule has 1 aromatic carbocycles. The van der Waals surface area contributed by atoms with Crippen LogP contribution >= 0.6 is 0 Å². The van der Waals surface area contributed by atoms with E-state index >= 15 is 0 Å². The fourth-order valence-electron chi connectivity index (χ4n) is 1.94. The van der Waals surface area contributed by atoms with Gasteiger partial charge in [-0.25, -0.2) is 4.79 Å². The van der Waals surface area contributed by atoms with Crippen LogP contribution < -0.4 is 0 Å². The lowest BCUT2D eigenvalue weighted by Gasteiger charge is -2.32. The molecule has 0 saturated carbocycles. The number of hydrogen-bond acceptors (Lipinski definition) is 5. The van der Waals surface area contributed by atoms with Gasteiger partial charge in [0.2, 0.25) is 0 Å². The molecule has 0 bridgehead atoms. The smallest absolute Gasteiger partial charge is 0.338 e. The van der Waals surface area contributed by atoms with Gasteiger partial charge < -0.3 is 14.6 Å². The van der Waals surface area contributed by atoms with Crippen molar-refractivity contribution in [1.29, 1.82) is 0 Å². The fraction of sp³-hybridized carbons (Fsp3) is 0.250. The predicted molar refractivity (Wildman–Crippen MR) is 75.5 cm³/mol. The van der Waals surface area contributed by atoms with Crippen LogP contribution in [0.4, 0.5) is 0 Å². The zero-order valence-electron chi connectivity index (χ0n) is 11.6. The highest BCUT2D eigenvalue weighted by atomic mass is 16.6. The summed E-state index contributed by atoms with van der Waals surface area (Å²) >= 11 is 0. The monoisotopic (exact) mass is 288 g/mol. The Labute approximate surface area is 122 Å². The quantitative estimate of drug-likeness (QED) is 0.853. The van der Waals surface area contributed by atoms with Gasteiger partial charge in [-0.3, -0.25) is 4.79 Å². The molecule has 1 N–H and O–H groups in total. The molecule has 1 aromatic rings. The van der Waals surface area contributed by atoms with Crippen molar-refractivity contribution < 1.29 is 24.2 Å². The molecule has 0 aromatic heterocycles. The summed E-state index contributed by atoms with van der Waals surface area (Å²) in [6, 6.07) is 8.46. The van der Waals surface area contributed by atoms with E-state index in [0.29, 0.717) is 5.56 Å². The summed E-state index contributed by atoms with van der Waals surface area (Å²) in [4.78, 5) is 22.9. The SMILES string of the molecule is CC(=O)O[C@H]1C=CC=C[C@@]1(O)COC(=O)c1ccccc1. The number of ether oxygens (including phenoxy) is 2. The topological polar surface area (TPSA) is 72.8 Å². The number of carbonyl (C=O) groups is 2. The van der Waals surface area contributed by atoms with Crippen LogP contribution in [0.5, 0.6) is 0 Å². The highest BCUT2D eigenvalue weighted by Gasteiger charge is 2.38.